The SMILES string of the molecule is CC1OC2COCc3ccccc3CO[C@@H](C1C)[C@H]2C. The summed E-state index contributed by atoms with van der Waals surface area (Å²) >= 11 is 0. The zero-order valence-corrected chi connectivity index (χ0v) is 12.5. The molecule has 2 heterocycles. The molecule has 1 aromatic rings. The predicted molar refractivity (Wildman–Crippen MR) is 77.3 cm³/mol. The van der Waals surface area contributed by atoms with Crippen LogP contribution >= 0.6 is 0 Å². The molecule has 20 heavy (non-hydrogen) atoms. The Balaban J connectivity index is 1.86. The maximum Gasteiger partial charge on any atom is 0.0862 e. The number of fused-ring (bicyclic) bond motifs is 3. The molecule has 0 spiro atoms. The van der Waals surface area contributed by atoms with Gasteiger partial charge >= 0.3 is 0 Å². The van der Waals surface area contributed by atoms with Crippen LogP contribution in [0.25, 0.3) is 0 Å². The van der Waals surface area contributed by atoms with Crippen molar-refractivity contribution in [2.24, 2.45) is 11.8 Å². The molecule has 0 radical (unpaired) electrons. The molecule has 1 fully saturated rings. The van der Waals surface area contributed by atoms with Gasteiger partial charge in [-0.25, -0.2) is 0 Å². The molecule has 2 aliphatic rings. The number of benzene rings is 1. The second-order valence-electron chi connectivity index (χ2n) is 6.16. The minimum absolute atomic E-state index is 0.136. The van der Waals surface area contributed by atoms with Gasteiger partial charge in [0.25, 0.3) is 0 Å². The Hall–Kier alpha value is -0.900. The topological polar surface area (TPSA) is 27.7 Å². The van der Waals surface area contributed by atoms with Crippen molar-refractivity contribution in [2.75, 3.05) is 6.61 Å². The van der Waals surface area contributed by atoms with Crippen LogP contribution in [0.4, 0.5) is 0 Å². The Morgan fingerprint density at radius 1 is 0.950 bits per heavy atom. The monoisotopic (exact) mass is 276 g/mol. The van der Waals surface area contributed by atoms with Gasteiger partial charge in [-0.15, -0.1) is 0 Å². The van der Waals surface area contributed by atoms with E-state index in [0.29, 0.717) is 31.7 Å². The van der Waals surface area contributed by atoms with Crippen molar-refractivity contribution in [1.29, 1.82) is 0 Å². The minimum Gasteiger partial charge on any atom is -0.374 e. The van der Waals surface area contributed by atoms with E-state index in [1.807, 2.05) is 0 Å². The number of hydrogen-bond donors (Lipinski definition) is 0. The summed E-state index contributed by atoms with van der Waals surface area (Å²) in [6.07, 6.45) is 0.592. The minimum atomic E-state index is 0.136. The Bertz CT molecular complexity index is 459. The van der Waals surface area contributed by atoms with E-state index in [9.17, 15) is 0 Å². The zero-order valence-electron chi connectivity index (χ0n) is 12.5. The van der Waals surface area contributed by atoms with Gasteiger partial charge in [0.1, 0.15) is 0 Å². The third kappa shape index (κ3) is 2.62. The molecular weight excluding hydrogens is 252 g/mol. The van der Waals surface area contributed by atoms with Crippen molar-refractivity contribution in [1.82, 2.24) is 0 Å². The molecule has 3 heteroatoms. The van der Waals surface area contributed by atoms with Crippen LogP contribution in [-0.4, -0.2) is 24.9 Å². The Kier molecular flexibility index (Phi) is 4.11. The van der Waals surface area contributed by atoms with Gasteiger partial charge in [0.2, 0.25) is 0 Å². The van der Waals surface area contributed by atoms with Gasteiger partial charge in [-0.3, -0.25) is 0 Å². The van der Waals surface area contributed by atoms with Crippen LogP contribution in [0.3, 0.4) is 0 Å². The molecule has 0 saturated carbocycles. The molecule has 0 aliphatic carbocycles. The molecule has 2 aliphatic heterocycles. The highest BCUT2D eigenvalue weighted by molar-refractivity contribution is 5.26. The average Bonchev–Trinajstić information content (AvgIpc) is 2.45. The average molecular weight is 276 g/mol. The lowest BCUT2D eigenvalue weighted by atomic mass is 9.83. The van der Waals surface area contributed by atoms with E-state index in [4.69, 9.17) is 14.2 Å². The molecule has 3 unspecified atom stereocenters. The first kappa shape index (κ1) is 14.1. The lowest BCUT2D eigenvalue weighted by Crippen LogP contribution is -2.50. The van der Waals surface area contributed by atoms with E-state index in [2.05, 4.69) is 45.0 Å². The first-order valence-electron chi connectivity index (χ1n) is 7.58. The fourth-order valence-electron chi connectivity index (χ4n) is 3.29. The van der Waals surface area contributed by atoms with Gasteiger partial charge < -0.3 is 14.2 Å². The van der Waals surface area contributed by atoms with Crippen LogP contribution in [-0.2, 0) is 27.4 Å². The summed E-state index contributed by atoms with van der Waals surface area (Å²) < 4.78 is 18.3. The third-order valence-corrected chi connectivity index (χ3v) is 4.84. The summed E-state index contributed by atoms with van der Waals surface area (Å²) in [7, 11) is 0. The molecule has 1 saturated heterocycles. The highest BCUT2D eigenvalue weighted by Gasteiger charge is 2.40. The number of rotatable bonds is 0. The Morgan fingerprint density at radius 2 is 1.65 bits per heavy atom. The van der Waals surface area contributed by atoms with E-state index in [1.54, 1.807) is 0 Å². The standard InChI is InChI=1S/C17H24O3/c1-11-13(3)20-16-10-18-8-14-6-4-5-7-15(14)9-19-17(11)12(16)2/h4-7,11-13,16-17H,8-10H2,1-3H3/t11?,12-,13?,16?,17-/m0/s1. The molecule has 3 nitrogen and oxygen atoms in total. The van der Waals surface area contributed by atoms with Crippen molar-refractivity contribution in [2.45, 2.75) is 52.3 Å². The van der Waals surface area contributed by atoms with Crippen LogP contribution < -0.4 is 0 Å². The normalized spacial score (nSPS) is 38.0. The summed E-state index contributed by atoms with van der Waals surface area (Å²) in [4.78, 5) is 0. The first-order valence-corrected chi connectivity index (χ1v) is 7.58. The van der Waals surface area contributed by atoms with Gasteiger partial charge in [-0.2, -0.15) is 0 Å². The molecule has 5 atom stereocenters. The van der Waals surface area contributed by atoms with Gasteiger partial charge in [0.05, 0.1) is 38.1 Å². The second-order valence-corrected chi connectivity index (χ2v) is 6.16. The summed E-state index contributed by atoms with van der Waals surface area (Å²) in [5, 5.41) is 0. The van der Waals surface area contributed by atoms with Crippen molar-refractivity contribution in [3.63, 3.8) is 0 Å². The summed E-state index contributed by atoms with van der Waals surface area (Å²) in [5.41, 5.74) is 2.46. The van der Waals surface area contributed by atoms with E-state index >= 15 is 0 Å². The van der Waals surface area contributed by atoms with E-state index in [-0.39, 0.29) is 18.3 Å². The van der Waals surface area contributed by atoms with Gasteiger partial charge in [0.15, 0.2) is 0 Å². The van der Waals surface area contributed by atoms with Gasteiger partial charge in [-0.1, -0.05) is 38.1 Å². The lowest BCUT2D eigenvalue weighted by molar-refractivity contribution is -0.195. The Morgan fingerprint density at radius 3 is 2.40 bits per heavy atom. The fourth-order valence-corrected chi connectivity index (χ4v) is 3.29. The first-order chi connectivity index (χ1) is 9.66. The molecule has 0 N–H and O–H groups in total. The quantitative estimate of drug-likeness (QED) is 0.728. The molecule has 2 bridgehead atoms. The smallest absolute Gasteiger partial charge is 0.0862 e. The highest BCUT2D eigenvalue weighted by atomic mass is 16.5. The van der Waals surface area contributed by atoms with Crippen LogP contribution in [0.1, 0.15) is 31.9 Å². The van der Waals surface area contributed by atoms with Gasteiger partial charge in [0, 0.05) is 11.8 Å². The summed E-state index contributed by atoms with van der Waals surface area (Å²) in [6, 6.07) is 8.37. The molecular formula is C17H24O3. The maximum absolute atomic E-state index is 6.28. The van der Waals surface area contributed by atoms with Crippen molar-refractivity contribution >= 4 is 0 Å². The van der Waals surface area contributed by atoms with Crippen molar-refractivity contribution in [3.8, 4) is 0 Å². The zero-order chi connectivity index (χ0) is 14.1. The van der Waals surface area contributed by atoms with Crippen molar-refractivity contribution in [3.05, 3.63) is 35.4 Å². The van der Waals surface area contributed by atoms with Crippen LogP contribution in [0, 0.1) is 11.8 Å². The molecule has 0 aromatic heterocycles. The van der Waals surface area contributed by atoms with E-state index in [1.165, 1.54) is 11.1 Å². The highest BCUT2D eigenvalue weighted by Crippen LogP contribution is 2.34. The van der Waals surface area contributed by atoms with E-state index < -0.39 is 0 Å². The second kappa shape index (κ2) is 5.84. The predicted octanol–water partition coefficient (Wildman–Crippen LogP) is 3.16. The molecule has 3 rings (SSSR count). The van der Waals surface area contributed by atoms with Gasteiger partial charge in [-0.05, 0) is 18.1 Å². The summed E-state index contributed by atoms with van der Waals surface area (Å²) in [5.74, 6) is 0.777. The third-order valence-electron chi connectivity index (χ3n) is 4.84. The molecule has 1 aromatic carbocycles. The van der Waals surface area contributed by atoms with Crippen molar-refractivity contribution < 1.29 is 14.2 Å². The number of hydrogen-bond acceptors (Lipinski definition) is 3. The largest absolute Gasteiger partial charge is 0.374 e. The lowest BCUT2D eigenvalue weighted by Gasteiger charge is -2.44. The fraction of sp³-hybridized carbons (Fsp3) is 0.647. The number of ether oxygens (including phenoxy) is 3. The molecule has 0 amide bonds. The molecule has 110 valence electrons. The maximum atomic E-state index is 6.28. The Labute approximate surface area is 121 Å². The summed E-state index contributed by atoms with van der Waals surface area (Å²) in [6.45, 7) is 8.53. The van der Waals surface area contributed by atoms with E-state index in [0.717, 1.165) is 0 Å². The van der Waals surface area contributed by atoms with Crippen LogP contribution in [0.2, 0.25) is 0 Å². The van der Waals surface area contributed by atoms with Crippen LogP contribution in [0.5, 0.6) is 0 Å². The van der Waals surface area contributed by atoms with Crippen LogP contribution in [0.15, 0.2) is 24.3 Å².